The molecular weight excluding hydrogens is 333 g/mol. The molecule has 0 atom stereocenters. The number of benzene rings is 2. The Labute approximate surface area is 140 Å². The van der Waals surface area contributed by atoms with Crippen LogP contribution in [0.15, 0.2) is 36.4 Å². The van der Waals surface area contributed by atoms with Gasteiger partial charge in [0, 0.05) is 6.07 Å². The Kier molecular flexibility index (Phi) is 4.48. The lowest BCUT2D eigenvalue weighted by Gasteiger charge is -2.08. The zero-order valence-corrected chi connectivity index (χ0v) is 13.4. The van der Waals surface area contributed by atoms with Gasteiger partial charge in [0.2, 0.25) is 0 Å². The highest BCUT2D eigenvalue weighted by Gasteiger charge is 2.11. The van der Waals surface area contributed by atoms with E-state index in [0.29, 0.717) is 16.7 Å². The van der Waals surface area contributed by atoms with Crippen molar-refractivity contribution in [2.75, 3.05) is 11.9 Å². The number of carbonyl (C=O) groups excluding carboxylic acids is 2. The number of anilines is 1. The molecule has 24 heavy (non-hydrogen) atoms. The van der Waals surface area contributed by atoms with Crippen LogP contribution in [0.25, 0.3) is 11.0 Å². The van der Waals surface area contributed by atoms with Crippen LogP contribution in [-0.4, -0.2) is 27.0 Å². The summed E-state index contributed by atoms with van der Waals surface area (Å²) in [6.07, 6.45) is 0. The molecule has 0 fully saturated rings. The van der Waals surface area contributed by atoms with E-state index in [1.165, 1.54) is 19.1 Å². The number of hydrogen-bond donors (Lipinski definition) is 1. The second-order valence-corrected chi connectivity index (χ2v) is 5.50. The zero-order valence-electron chi connectivity index (χ0n) is 12.6. The summed E-state index contributed by atoms with van der Waals surface area (Å²) in [6.45, 7) is 0.979. The number of nitrogens with zero attached hydrogens (tertiary/aromatic N) is 2. The number of hydrogen-bond acceptors (Lipinski definition) is 6. The van der Waals surface area contributed by atoms with Gasteiger partial charge in [0.05, 0.1) is 23.0 Å². The number of halogens is 1. The zero-order chi connectivity index (χ0) is 17.1. The molecule has 2 aromatic carbocycles. The molecule has 0 bridgehead atoms. The average molecular weight is 345 g/mol. The van der Waals surface area contributed by atoms with Crippen molar-refractivity contribution in [3.8, 4) is 5.75 Å². The molecule has 122 valence electrons. The van der Waals surface area contributed by atoms with E-state index in [2.05, 4.69) is 14.1 Å². The van der Waals surface area contributed by atoms with Crippen LogP contribution in [0.5, 0.6) is 5.75 Å². The van der Waals surface area contributed by atoms with Gasteiger partial charge in [0.1, 0.15) is 22.6 Å². The standard InChI is InChI=1S/C16H12FN3O3S/c1-9(21)11-6-5-10(7-12(11)17)23-8-15(22)18-13-3-2-4-14-16(13)20-24-19-14/h2-7H,8H2,1H3,(H,18,22). The molecule has 0 aliphatic rings. The lowest BCUT2D eigenvalue weighted by atomic mass is 10.1. The third-order valence-corrected chi connectivity index (χ3v) is 3.79. The van der Waals surface area contributed by atoms with Crippen molar-refractivity contribution in [2.45, 2.75) is 6.92 Å². The van der Waals surface area contributed by atoms with Crippen LogP contribution in [0.1, 0.15) is 17.3 Å². The maximum Gasteiger partial charge on any atom is 0.262 e. The predicted octanol–water partition coefficient (Wildman–Crippen LogP) is 3.05. The molecule has 0 spiro atoms. The molecule has 3 aromatic rings. The normalized spacial score (nSPS) is 10.6. The Morgan fingerprint density at radius 2 is 2.08 bits per heavy atom. The summed E-state index contributed by atoms with van der Waals surface area (Å²) in [5, 5.41) is 2.68. The summed E-state index contributed by atoms with van der Waals surface area (Å²) in [4.78, 5) is 23.2. The molecule has 0 unspecified atom stereocenters. The van der Waals surface area contributed by atoms with Gasteiger partial charge < -0.3 is 10.1 Å². The molecule has 0 radical (unpaired) electrons. The summed E-state index contributed by atoms with van der Waals surface area (Å²) < 4.78 is 27.2. The van der Waals surface area contributed by atoms with Crippen LogP contribution in [0.4, 0.5) is 10.1 Å². The Balaban J connectivity index is 1.65. The topological polar surface area (TPSA) is 81.2 Å². The van der Waals surface area contributed by atoms with Crippen LogP contribution >= 0.6 is 11.7 Å². The van der Waals surface area contributed by atoms with Crippen molar-refractivity contribution < 1.29 is 18.7 Å². The Morgan fingerprint density at radius 3 is 2.83 bits per heavy atom. The second-order valence-electron chi connectivity index (χ2n) is 4.97. The van der Waals surface area contributed by atoms with Gasteiger partial charge >= 0.3 is 0 Å². The first-order chi connectivity index (χ1) is 11.5. The number of aromatic nitrogens is 2. The average Bonchev–Trinajstić information content (AvgIpc) is 3.02. The van der Waals surface area contributed by atoms with Crippen LogP contribution in [0.3, 0.4) is 0 Å². The minimum Gasteiger partial charge on any atom is -0.484 e. The fourth-order valence-electron chi connectivity index (χ4n) is 2.11. The van der Waals surface area contributed by atoms with Crippen LogP contribution in [0, 0.1) is 5.82 Å². The predicted molar refractivity (Wildman–Crippen MR) is 87.9 cm³/mol. The van der Waals surface area contributed by atoms with Gasteiger partial charge in [-0.05, 0) is 31.2 Å². The second kappa shape index (κ2) is 6.71. The van der Waals surface area contributed by atoms with Gasteiger partial charge in [0.25, 0.3) is 5.91 Å². The Bertz CT molecular complexity index is 926. The van der Waals surface area contributed by atoms with E-state index in [0.717, 1.165) is 17.8 Å². The molecule has 1 N–H and O–H groups in total. The Morgan fingerprint density at radius 1 is 1.25 bits per heavy atom. The van der Waals surface area contributed by atoms with E-state index in [1.807, 2.05) is 0 Å². The number of fused-ring (bicyclic) bond motifs is 1. The number of nitrogens with one attached hydrogen (secondary N) is 1. The van der Waals surface area contributed by atoms with Gasteiger partial charge in [-0.25, -0.2) is 4.39 Å². The van der Waals surface area contributed by atoms with Gasteiger partial charge in [-0.1, -0.05) is 6.07 Å². The minimum absolute atomic E-state index is 0.0190. The van der Waals surface area contributed by atoms with Crippen LogP contribution in [-0.2, 0) is 4.79 Å². The van der Waals surface area contributed by atoms with E-state index in [4.69, 9.17) is 4.74 Å². The molecule has 0 saturated carbocycles. The molecular formula is C16H12FN3O3S. The third-order valence-electron chi connectivity index (χ3n) is 3.25. The molecule has 0 saturated heterocycles. The number of carbonyl (C=O) groups is 2. The quantitative estimate of drug-likeness (QED) is 0.719. The first-order valence-corrected chi connectivity index (χ1v) is 7.72. The fraction of sp³-hybridized carbons (Fsp3) is 0.125. The monoisotopic (exact) mass is 345 g/mol. The maximum absolute atomic E-state index is 13.7. The Hall–Kier alpha value is -2.87. The smallest absolute Gasteiger partial charge is 0.262 e. The summed E-state index contributed by atoms with van der Waals surface area (Å²) in [5.41, 5.74) is 1.82. The van der Waals surface area contributed by atoms with E-state index < -0.39 is 11.7 Å². The van der Waals surface area contributed by atoms with E-state index >= 15 is 0 Å². The summed E-state index contributed by atoms with van der Waals surface area (Å²) in [6, 6.07) is 9.11. The maximum atomic E-state index is 13.7. The molecule has 8 heteroatoms. The number of amides is 1. The van der Waals surface area contributed by atoms with Crippen molar-refractivity contribution in [3.05, 3.63) is 47.8 Å². The summed E-state index contributed by atoms with van der Waals surface area (Å²) in [5.74, 6) is -1.30. The van der Waals surface area contributed by atoms with Crippen LogP contribution < -0.4 is 10.1 Å². The van der Waals surface area contributed by atoms with Gasteiger partial charge in [-0.15, -0.1) is 0 Å². The van der Waals surface area contributed by atoms with Crippen molar-refractivity contribution in [3.63, 3.8) is 0 Å². The SMILES string of the molecule is CC(=O)c1ccc(OCC(=O)Nc2cccc3nsnc23)cc1F. The van der Waals surface area contributed by atoms with Crippen molar-refractivity contribution >= 4 is 40.1 Å². The van der Waals surface area contributed by atoms with E-state index in [9.17, 15) is 14.0 Å². The number of ketones is 1. The molecule has 0 aliphatic heterocycles. The van der Waals surface area contributed by atoms with Gasteiger partial charge in [-0.3, -0.25) is 9.59 Å². The minimum atomic E-state index is -0.682. The van der Waals surface area contributed by atoms with Crippen molar-refractivity contribution in [1.29, 1.82) is 0 Å². The molecule has 1 heterocycles. The van der Waals surface area contributed by atoms with E-state index in [-0.39, 0.29) is 23.7 Å². The van der Waals surface area contributed by atoms with E-state index in [1.54, 1.807) is 18.2 Å². The first kappa shape index (κ1) is 16.0. The lowest BCUT2D eigenvalue weighted by Crippen LogP contribution is -2.20. The largest absolute Gasteiger partial charge is 0.484 e. The van der Waals surface area contributed by atoms with Crippen molar-refractivity contribution in [1.82, 2.24) is 8.75 Å². The number of Topliss-reactive ketones (excluding diaryl/α,β-unsaturated/α-hetero) is 1. The van der Waals surface area contributed by atoms with Gasteiger partial charge in [-0.2, -0.15) is 8.75 Å². The highest BCUT2D eigenvalue weighted by atomic mass is 32.1. The molecule has 6 nitrogen and oxygen atoms in total. The fourth-order valence-corrected chi connectivity index (χ4v) is 2.66. The molecule has 0 aliphatic carbocycles. The number of rotatable bonds is 5. The van der Waals surface area contributed by atoms with Crippen molar-refractivity contribution in [2.24, 2.45) is 0 Å². The lowest BCUT2D eigenvalue weighted by molar-refractivity contribution is -0.118. The molecule has 1 amide bonds. The van der Waals surface area contributed by atoms with Crippen LogP contribution in [0.2, 0.25) is 0 Å². The highest BCUT2D eigenvalue weighted by Crippen LogP contribution is 2.21. The first-order valence-electron chi connectivity index (χ1n) is 6.99. The number of ether oxygens (including phenoxy) is 1. The van der Waals surface area contributed by atoms with Gasteiger partial charge in [0.15, 0.2) is 12.4 Å². The summed E-state index contributed by atoms with van der Waals surface area (Å²) >= 11 is 1.06. The third kappa shape index (κ3) is 3.38. The summed E-state index contributed by atoms with van der Waals surface area (Å²) in [7, 11) is 0. The molecule has 1 aromatic heterocycles. The molecule has 3 rings (SSSR count). The highest BCUT2D eigenvalue weighted by molar-refractivity contribution is 7.00.